The molecule has 2 rings (SSSR count). The molecule has 0 spiro atoms. The van der Waals surface area contributed by atoms with E-state index in [0.29, 0.717) is 12.4 Å². The van der Waals surface area contributed by atoms with Crippen LogP contribution in [-0.4, -0.2) is 27.3 Å². The number of carbonyl (C=O) groups is 1. The fourth-order valence-corrected chi connectivity index (χ4v) is 2.01. The summed E-state index contributed by atoms with van der Waals surface area (Å²) in [5, 5.41) is 4.09. The van der Waals surface area contributed by atoms with Crippen LogP contribution in [0, 0.1) is 20.8 Å². The number of carbonyl (C=O) groups excluding carboxylic acids is 1. The molecule has 6 heteroatoms. The van der Waals surface area contributed by atoms with Gasteiger partial charge in [0.1, 0.15) is 11.5 Å². The van der Waals surface area contributed by atoms with E-state index in [4.69, 9.17) is 9.15 Å². The van der Waals surface area contributed by atoms with Crippen molar-refractivity contribution in [3.63, 3.8) is 0 Å². The molecule has 0 bridgehead atoms. The number of esters is 1. The van der Waals surface area contributed by atoms with Crippen LogP contribution in [0.3, 0.4) is 0 Å². The normalized spacial score (nSPS) is 10.8. The van der Waals surface area contributed by atoms with Crippen LogP contribution < -0.4 is 0 Å². The van der Waals surface area contributed by atoms with Crippen molar-refractivity contribution in [2.45, 2.75) is 27.7 Å². The van der Waals surface area contributed by atoms with Crippen LogP contribution in [-0.2, 0) is 11.8 Å². The summed E-state index contributed by atoms with van der Waals surface area (Å²) in [6.07, 6.45) is 0. The topological polar surface area (TPSA) is 70.2 Å². The lowest BCUT2D eigenvalue weighted by atomic mass is 10.1. The van der Waals surface area contributed by atoms with E-state index in [0.717, 1.165) is 22.6 Å². The van der Waals surface area contributed by atoms with Crippen molar-refractivity contribution < 1.29 is 13.9 Å². The fourth-order valence-electron chi connectivity index (χ4n) is 2.01. The summed E-state index contributed by atoms with van der Waals surface area (Å²) in [7, 11) is 1.74. The van der Waals surface area contributed by atoms with E-state index < -0.39 is 5.97 Å². The lowest BCUT2D eigenvalue weighted by molar-refractivity contribution is 0.0512. The summed E-state index contributed by atoms with van der Waals surface area (Å²) in [4.78, 5) is 15.9. The van der Waals surface area contributed by atoms with E-state index >= 15 is 0 Å². The highest BCUT2D eigenvalue weighted by Crippen LogP contribution is 2.29. The quantitative estimate of drug-likeness (QED) is 0.794. The Kier molecular flexibility index (Phi) is 3.42. The van der Waals surface area contributed by atoms with Crippen molar-refractivity contribution in [2.75, 3.05) is 6.61 Å². The zero-order chi connectivity index (χ0) is 14.2. The van der Waals surface area contributed by atoms with Gasteiger partial charge in [-0.2, -0.15) is 0 Å². The van der Waals surface area contributed by atoms with Crippen molar-refractivity contribution in [1.29, 1.82) is 0 Å². The second-order valence-electron chi connectivity index (χ2n) is 4.32. The minimum Gasteiger partial charge on any atom is -0.466 e. The van der Waals surface area contributed by atoms with E-state index in [1.54, 1.807) is 18.7 Å². The molecule has 0 saturated heterocycles. The first kappa shape index (κ1) is 13.3. The number of ether oxygens (including phenoxy) is 1. The minimum absolute atomic E-state index is 0.0667. The third-order valence-electron chi connectivity index (χ3n) is 3.01. The Balaban J connectivity index is 2.49. The SMILES string of the molecule is CCOC(=O)c1nc(-c2c(C)oc(C)c2C)n(C)n1. The molecule has 2 heterocycles. The highest BCUT2D eigenvalue weighted by Gasteiger charge is 2.22. The van der Waals surface area contributed by atoms with Gasteiger partial charge in [-0.1, -0.05) is 0 Å². The molecular weight excluding hydrogens is 246 g/mol. The highest BCUT2D eigenvalue weighted by molar-refractivity contribution is 5.85. The second kappa shape index (κ2) is 4.87. The average Bonchev–Trinajstić information content (AvgIpc) is 2.82. The number of hydrogen-bond acceptors (Lipinski definition) is 5. The molecule has 2 aromatic heterocycles. The Labute approximate surface area is 111 Å². The summed E-state index contributed by atoms with van der Waals surface area (Å²) >= 11 is 0. The van der Waals surface area contributed by atoms with Crippen LogP contribution >= 0.6 is 0 Å². The number of aryl methyl sites for hydroxylation is 3. The van der Waals surface area contributed by atoms with Gasteiger partial charge in [0.25, 0.3) is 5.82 Å². The van der Waals surface area contributed by atoms with Gasteiger partial charge >= 0.3 is 5.97 Å². The van der Waals surface area contributed by atoms with E-state index in [1.165, 1.54) is 0 Å². The Morgan fingerprint density at radius 1 is 1.32 bits per heavy atom. The molecule has 0 saturated carbocycles. The molecule has 0 atom stereocenters. The smallest absolute Gasteiger partial charge is 0.378 e. The number of nitrogens with zero attached hydrogens (tertiary/aromatic N) is 3. The molecule has 0 unspecified atom stereocenters. The first-order chi connectivity index (χ1) is 8.95. The van der Waals surface area contributed by atoms with Crippen LogP contribution in [0.15, 0.2) is 4.42 Å². The molecule has 102 valence electrons. The number of furan rings is 1. The maximum Gasteiger partial charge on any atom is 0.378 e. The molecule has 19 heavy (non-hydrogen) atoms. The van der Waals surface area contributed by atoms with Gasteiger partial charge in [-0.15, -0.1) is 5.10 Å². The third kappa shape index (κ3) is 2.25. The van der Waals surface area contributed by atoms with Crippen LogP contribution in [0.4, 0.5) is 0 Å². The molecule has 0 fully saturated rings. The Hall–Kier alpha value is -2.11. The van der Waals surface area contributed by atoms with E-state index in [-0.39, 0.29) is 5.82 Å². The summed E-state index contributed by atoms with van der Waals surface area (Å²) in [5.74, 6) is 1.76. The van der Waals surface area contributed by atoms with Crippen molar-refractivity contribution in [2.24, 2.45) is 7.05 Å². The maximum atomic E-state index is 11.6. The molecule has 0 aliphatic rings. The molecule has 0 N–H and O–H groups in total. The highest BCUT2D eigenvalue weighted by atomic mass is 16.5. The minimum atomic E-state index is -0.514. The predicted molar refractivity (Wildman–Crippen MR) is 68.9 cm³/mol. The zero-order valence-electron chi connectivity index (χ0n) is 11.8. The van der Waals surface area contributed by atoms with Crippen LogP contribution in [0.1, 0.15) is 34.6 Å². The van der Waals surface area contributed by atoms with E-state index in [1.807, 2.05) is 20.8 Å². The van der Waals surface area contributed by atoms with Crippen molar-refractivity contribution in [3.8, 4) is 11.4 Å². The standard InChI is InChI=1S/C13H17N3O3/c1-6-18-13(17)11-14-12(16(5)15-11)10-7(2)8(3)19-9(10)4/h6H2,1-5H3. The van der Waals surface area contributed by atoms with Crippen molar-refractivity contribution >= 4 is 5.97 Å². The molecule has 6 nitrogen and oxygen atoms in total. The molecule has 0 radical (unpaired) electrons. The number of hydrogen-bond donors (Lipinski definition) is 0. The summed E-state index contributed by atoms with van der Waals surface area (Å²) < 4.78 is 12.0. The lowest BCUT2D eigenvalue weighted by Crippen LogP contribution is -2.07. The van der Waals surface area contributed by atoms with Gasteiger partial charge in [-0.25, -0.2) is 14.5 Å². The van der Waals surface area contributed by atoms with Gasteiger partial charge in [-0.3, -0.25) is 0 Å². The summed E-state index contributed by atoms with van der Waals surface area (Å²) in [6.45, 7) is 7.77. The lowest BCUT2D eigenvalue weighted by Gasteiger charge is -1.99. The monoisotopic (exact) mass is 263 g/mol. The molecule has 0 aliphatic carbocycles. The first-order valence-corrected chi connectivity index (χ1v) is 6.10. The summed E-state index contributed by atoms with van der Waals surface area (Å²) in [5.41, 5.74) is 1.88. The largest absolute Gasteiger partial charge is 0.466 e. The second-order valence-corrected chi connectivity index (χ2v) is 4.32. The van der Waals surface area contributed by atoms with Gasteiger partial charge in [0, 0.05) is 12.6 Å². The maximum absolute atomic E-state index is 11.6. The average molecular weight is 263 g/mol. The van der Waals surface area contributed by atoms with E-state index in [9.17, 15) is 4.79 Å². The van der Waals surface area contributed by atoms with Gasteiger partial charge < -0.3 is 9.15 Å². The van der Waals surface area contributed by atoms with Gasteiger partial charge in [-0.05, 0) is 27.7 Å². The Morgan fingerprint density at radius 3 is 2.53 bits per heavy atom. The first-order valence-electron chi connectivity index (χ1n) is 6.10. The van der Waals surface area contributed by atoms with Crippen LogP contribution in [0.5, 0.6) is 0 Å². The molecular formula is C13H17N3O3. The molecule has 0 aromatic carbocycles. The molecule has 0 amide bonds. The number of aromatic nitrogens is 3. The van der Waals surface area contributed by atoms with Crippen molar-refractivity contribution in [3.05, 3.63) is 22.9 Å². The third-order valence-corrected chi connectivity index (χ3v) is 3.01. The summed E-state index contributed by atoms with van der Waals surface area (Å²) in [6, 6.07) is 0. The van der Waals surface area contributed by atoms with Crippen molar-refractivity contribution in [1.82, 2.24) is 14.8 Å². The van der Waals surface area contributed by atoms with Gasteiger partial charge in [0.15, 0.2) is 5.82 Å². The molecule has 0 aliphatic heterocycles. The van der Waals surface area contributed by atoms with Crippen LogP contribution in [0.25, 0.3) is 11.4 Å². The van der Waals surface area contributed by atoms with Gasteiger partial charge in [0.05, 0.1) is 12.2 Å². The molecule has 2 aromatic rings. The fraction of sp³-hybridized carbons (Fsp3) is 0.462. The zero-order valence-corrected chi connectivity index (χ0v) is 11.8. The van der Waals surface area contributed by atoms with Crippen LogP contribution in [0.2, 0.25) is 0 Å². The Morgan fingerprint density at radius 2 is 2.00 bits per heavy atom. The predicted octanol–water partition coefficient (Wildman–Crippen LogP) is 2.18. The van der Waals surface area contributed by atoms with E-state index in [2.05, 4.69) is 10.1 Å². The Bertz CT molecular complexity index is 625. The number of rotatable bonds is 3. The van der Waals surface area contributed by atoms with Gasteiger partial charge in [0.2, 0.25) is 0 Å².